The van der Waals surface area contributed by atoms with Crippen molar-refractivity contribution >= 4 is 37.4 Å². The van der Waals surface area contributed by atoms with Gasteiger partial charge in [0.15, 0.2) is 4.84 Å². The van der Waals surface area contributed by atoms with E-state index in [1.165, 1.54) is 0 Å². The van der Waals surface area contributed by atoms with Gasteiger partial charge in [-0.2, -0.15) is 0 Å². The molecule has 0 aliphatic rings. The molecule has 0 aliphatic heterocycles. The number of carbonyl (C=O) groups is 1. The summed E-state index contributed by atoms with van der Waals surface area (Å²) in [6.07, 6.45) is 0. The maximum absolute atomic E-state index is 10.6. The van der Waals surface area contributed by atoms with E-state index >= 15 is 0 Å². The molecule has 0 spiro atoms. The zero-order valence-corrected chi connectivity index (χ0v) is 7.49. The molecule has 0 fully saturated rings. The van der Waals surface area contributed by atoms with E-state index in [0.29, 0.717) is 0 Å². The van der Waals surface area contributed by atoms with Crippen LogP contribution in [0.3, 0.4) is 0 Å². The van der Waals surface area contributed by atoms with Gasteiger partial charge >= 0.3 is 0 Å². The molecular formula is C4H8Cl2OSi. The molecule has 4 heteroatoms. The fourth-order valence-corrected chi connectivity index (χ4v) is 2.27. The predicted molar refractivity (Wildman–Crippen MR) is 39.4 cm³/mol. The highest BCUT2D eigenvalue weighted by molar-refractivity contribution is 6.93. The van der Waals surface area contributed by atoms with Crippen LogP contribution in [0.15, 0.2) is 0 Å². The quantitative estimate of drug-likeness (QED) is 0.453. The van der Waals surface area contributed by atoms with Crippen LogP contribution in [0, 0.1) is 0 Å². The standard InChI is InChI=1S/C4H8Cl2OSi/c1-8(2)4(7)3(5)6/h3,8H,1-2H3. The van der Waals surface area contributed by atoms with Gasteiger partial charge in [0, 0.05) is 0 Å². The van der Waals surface area contributed by atoms with Crippen LogP contribution >= 0.6 is 23.2 Å². The van der Waals surface area contributed by atoms with E-state index in [1.807, 2.05) is 13.1 Å². The number of rotatable bonds is 2. The molecule has 48 valence electrons. The minimum Gasteiger partial charge on any atom is -0.303 e. The first-order chi connectivity index (χ1) is 3.55. The molecule has 0 amide bonds. The van der Waals surface area contributed by atoms with Crippen LogP contribution < -0.4 is 0 Å². The van der Waals surface area contributed by atoms with Gasteiger partial charge < -0.3 is 4.79 Å². The molecule has 0 atom stereocenters. The van der Waals surface area contributed by atoms with Crippen LogP contribution in [0.4, 0.5) is 0 Å². The molecule has 0 unspecified atom stereocenters. The van der Waals surface area contributed by atoms with Gasteiger partial charge in [-0.25, -0.2) is 0 Å². The third-order valence-electron chi connectivity index (χ3n) is 0.784. The van der Waals surface area contributed by atoms with Gasteiger partial charge in [-0.3, -0.25) is 0 Å². The van der Waals surface area contributed by atoms with Gasteiger partial charge in [-0.1, -0.05) is 36.3 Å². The fourth-order valence-electron chi connectivity index (χ4n) is 0.252. The summed E-state index contributed by atoms with van der Waals surface area (Å²) in [7, 11) is -1.23. The molecule has 0 N–H and O–H groups in total. The van der Waals surface area contributed by atoms with E-state index in [0.717, 1.165) is 0 Å². The number of hydrogen-bond donors (Lipinski definition) is 0. The molecule has 0 aromatic rings. The number of halogens is 2. The molecule has 0 aromatic heterocycles. The third kappa shape index (κ3) is 2.70. The molecule has 0 heterocycles. The first kappa shape index (κ1) is 8.47. The molecule has 0 aliphatic carbocycles. The second-order valence-corrected chi connectivity index (χ2v) is 5.83. The van der Waals surface area contributed by atoms with Crippen LogP contribution in [-0.2, 0) is 4.79 Å². The fraction of sp³-hybridized carbons (Fsp3) is 0.750. The molecule has 0 bridgehead atoms. The highest BCUT2D eigenvalue weighted by Gasteiger charge is 2.15. The van der Waals surface area contributed by atoms with E-state index in [-0.39, 0.29) is 5.41 Å². The summed E-state index contributed by atoms with van der Waals surface area (Å²) in [4.78, 5) is 9.85. The summed E-state index contributed by atoms with van der Waals surface area (Å²) in [5.41, 5.74) is 0. The van der Waals surface area contributed by atoms with Crippen LogP contribution in [0.2, 0.25) is 13.1 Å². The lowest BCUT2D eigenvalue weighted by atomic mass is 10.9. The Hall–Kier alpha value is 0.467. The monoisotopic (exact) mass is 170 g/mol. The second-order valence-electron chi connectivity index (χ2n) is 1.86. The Bertz CT molecular complexity index is 82.0. The van der Waals surface area contributed by atoms with E-state index < -0.39 is 13.6 Å². The molecule has 0 saturated carbocycles. The molecule has 1 nitrogen and oxygen atoms in total. The van der Waals surface area contributed by atoms with Crippen LogP contribution in [0.25, 0.3) is 0 Å². The van der Waals surface area contributed by atoms with E-state index in [9.17, 15) is 4.79 Å². The van der Waals surface area contributed by atoms with Crippen molar-refractivity contribution in [2.24, 2.45) is 0 Å². The van der Waals surface area contributed by atoms with Crippen molar-refractivity contribution < 1.29 is 4.79 Å². The number of alkyl halides is 2. The van der Waals surface area contributed by atoms with Crippen molar-refractivity contribution in [2.75, 3.05) is 0 Å². The lowest BCUT2D eigenvalue weighted by Crippen LogP contribution is -2.23. The van der Waals surface area contributed by atoms with Gasteiger partial charge in [-0.05, 0) is 0 Å². The third-order valence-corrected chi connectivity index (χ3v) is 3.11. The van der Waals surface area contributed by atoms with Gasteiger partial charge in [0.05, 0.1) is 0 Å². The number of carbonyl (C=O) groups excluding carboxylic acids is 1. The van der Waals surface area contributed by atoms with Crippen molar-refractivity contribution in [3.05, 3.63) is 0 Å². The summed E-state index contributed by atoms with van der Waals surface area (Å²) < 4.78 is 0. The van der Waals surface area contributed by atoms with Gasteiger partial charge in [0.1, 0.15) is 14.2 Å². The molecular weight excluding hydrogens is 163 g/mol. The second kappa shape index (κ2) is 3.48. The van der Waals surface area contributed by atoms with Crippen molar-refractivity contribution in [2.45, 2.75) is 17.9 Å². The van der Waals surface area contributed by atoms with E-state index in [2.05, 4.69) is 0 Å². The summed E-state index contributed by atoms with van der Waals surface area (Å²) >= 11 is 10.5. The lowest BCUT2D eigenvalue weighted by molar-refractivity contribution is -0.110. The SMILES string of the molecule is C[SiH](C)C(=O)C(Cl)Cl. The van der Waals surface area contributed by atoms with Gasteiger partial charge in [-0.15, -0.1) is 0 Å². The largest absolute Gasteiger partial charge is 0.303 e. The Morgan fingerprint density at radius 1 is 1.50 bits per heavy atom. The van der Waals surface area contributed by atoms with Crippen molar-refractivity contribution in [1.29, 1.82) is 0 Å². The predicted octanol–water partition coefficient (Wildman–Crippen LogP) is 1.39. The normalized spacial score (nSPS) is 10.8. The molecule has 0 saturated heterocycles. The highest BCUT2D eigenvalue weighted by Crippen LogP contribution is 2.04. The van der Waals surface area contributed by atoms with Gasteiger partial charge in [0.25, 0.3) is 0 Å². The topological polar surface area (TPSA) is 17.1 Å². The Labute approximate surface area is 60.6 Å². The Morgan fingerprint density at radius 2 is 1.88 bits per heavy atom. The van der Waals surface area contributed by atoms with Gasteiger partial charge in [0.2, 0.25) is 0 Å². The Kier molecular flexibility index (Phi) is 3.69. The maximum Gasteiger partial charge on any atom is 0.160 e. The van der Waals surface area contributed by atoms with E-state index in [4.69, 9.17) is 23.2 Å². The lowest BCUT2D eigenvalue weighted by Gasteiger charge is -1.99. The Balaban J connectivity index is 3.65. The minimum atomic E-state index is -1.23. The molecule has 0 aromatic carbocycles. The molecule has 0 radical (unpaired) electrons. The number of hydrogen-bond acceptors (Lipinski definition) is 1. The Morgan fingerprint density at radius 3 is 1.88 bits per heavy atom. The molecule has 0 rings (SSSR count). The zero-order valence-electron chi connectivity index (χ0n) is 4.82. The first-order valence-electron chi connectivity index (χ1n) is 2.37. The van der Waals surface area contributed by atoms with Crippen molar-refractivity contribution in [3.63, 3.8) is 0 Å². The van der Waals surface area contributed by atoms with E-state index in [1.54, 1.807) is 0 Å². The average Bonchev–Trinajstić information content (AvgIpc) is 1.64. The summed E-state index contributed by atoms with van der Waals surface area (Å²) in [5, 5.41) is 0.0216. The summed E-state index contributed by atoms with van der Waals surface area (Å²) in [5.74, 6) is 0. The smallest absolute Gasteiger partial charge is 0.160 e. The zero-order chi connectivity index (χ0) is 6.73. The first-order valence-corrected chi connectivity index (χ1v) is 6.13. The molecule has 8 heavy (non-hydrogen) atoms. The highest BCUT2D eigenvalue weighted by atomic mass is 35.5. The van der Waals surface area contributed by atoms with Crippen molar-refractivity contribution in [3.8, 4) is 0 Å². The minimum absolute atomic E-state index is 0.0216. The van der Waals surface area contributed by atoms with Crippen molar-refractivity contribution in [1.82, 2.24) is 0 Å². The van der Waals surface area contributed by atoms with Crippen LogP contribution in [0.5, 0.6) is 0 Å². The average molecular weight is 171 g/mol. The maximum atomic E-state index is 10.6. The van der Waals surface area contributed by atoms with Crippen LogP contribution in [0.1, 0.15) is 0 Å². The van der Waals surface area contributed by atoms with Crippen LogP contribution in [-0.4, -0.2) is 19.0 Å². The summed E-state index contributed by atoms with van der Waals surface area (Å²) in [6.45, 7) is 3.81. The summed E-state index contributed by atoms with van der Waals surface area (Å²) in [6, 6.07) is 0.